The Morgan fingerprint density at radius 1 is 1.32 bits per heavy atom. The van der Waals surface area contributed by atoms with Gasteiger partial charge in [0.25, 0.3) is 5.91 Å². The second-order valence-corrected chi connectivity index (χ2v) is 4.36. The van der Waals surface area contributed by atoms with Gasteiger partial charge in [-0.25, -0.2) is 8.78 Å². The molecule has 4 nitrogen and oxygen atoms in total. The molecule has 0 unspecified atom stereocenters. The lowest BCUT2D eigenvalue weighted by molar-refractivity contribution is -0.00346. The summed E-state index contributed by atoms with van der Waals surface area (Å²) in [7, 11) is 0. The number of aromatic nitrogens is 1. The van der Waals surface area contributed by atoms with Gasteiger partial charge in [-0.3, -0.25) is 9.78 Å². The summed E-state index contributed by atoms with van der Waals surface area (Å²) in [5.74, 6) is -1.59. The number of hydrogen-bond acceptors (Lipinski definition) is 3. The van der Waals surface area contributed by atoms with Gasteiger partial charge in [-0.05, 0) is 18.2 Å². The molecule has 1 N–H and O–H groups in total. The largest absolute Gasteiger partial charge is 0.377 e. The van der Waals surface area contributed by atoms with Crippen LogP contribution in [-0.2, 0) is 4.74 Å². The first-order valence-corrected chi connectivity index (χ1v) is 5.77. The first kappa shape index (κ1) is 12.0. The molecule has 0 radical (unpaired) electrons. The van der Waals surface area contributed by atoms with Gasteiger partial charge in [0.1, 0.15) is 17.2 Å². The molecule has 1 aliphatic heterocycles. The predicted octanol–water partition coefficient (Wildman–Crippen LogP) is 1.64. The summed E-state index contributed by atoms with van der Waals surface area (Å²) in [6.45, 7) is 0.936. The summed E-state index contributed by atoms with van der Waals surface area (Å²) in [6.07, 6.45) is 1.24. The number of nitrogens with one attached hydrogen (secondary N) is 1. The Morgan fingerprint density at radius 3 is 2.74 bits per heavy atom. The number of amides is 1. The van der Waals surface area contributed by atoms with E-state index in [2.05, 4.69) is 10.3 Å². The second-order valence-electron chi connectivity index (χ2n) is 4.36. The molecule has 6 heteroatoms. The number of halogens is 2. The van der Waals surface area contributed by atoms with Crippen LogP contribution in [0.1, 0.15) is 10.4 Å². The molecule has 1 fully saturated rings. The number of fused-ring (bicyclic) bond motifs is 1. The van der Waals surface area contributed by atoms with Gasteiger partial charge in [-0.15, -0.1) is 0 Å². The minimum atomic E-state index is -0.615. The van der Waals surface area contributed by atoms with Crippen LogP contribution in [0.4, 0.5) is 8.78 Å². The van der Waals surface area contributed by atoms with Crippen LogP contribution in [0.5, 0.6) is 0 Å². The third kappa shape index (κ3) is 2.15. The fourth-order valence-corrected chi connectivity index (χ4v) is 1.86. The van der Waals surface area contributed by atoms with E-state index in [9.17, 15) is 13.6 Å². The van der Waals surface area contributed by atoms with Crippen molar-refractivity contribution in [3.8, 4) is 0 Å². The van der Waals surface area contributed by atoms with Crippen LogP contribution in [0.2, 0.25) is 0 Å². The summed E-state index contributed by atoms with van der Waals surface area (Å²) in [4.78, 5) is 15.7. The predicted molar refractivity (Wildman–Crippen MR) is 63.7 cm³/mol. The first-order valence-electron chi connectivity index (χ1n) is 5.77. The maximum Gasteiger partial charge on any atom is 0.253 e. The van der Waals surface area contributed by atoms with Crippen LogP contribution in [0.25, 0.3) is 10.9 Å². The summed E-state index contributed by atoms with van der Waals surface area (Å²) >= 11 is 0. The topological polar surface area (TPSA) is 51.2 Å². The van der Waals surface area contributed by atoms with Gasteiger partial charge in [-0.1, -0.05) is 0 Å². The van der Waals surface area contributed by atoms with Crippen molar-refractivity contribution in [1.82, 2.24) is 10.3 Å². The molecule has 1 amide bonds. The molecule has 0 spiro atoms. The van der Waals surface area contributed by atoms with Gasteiger partial charge in [0.05, 0.1) is 24.8 Å². The molecule has 0 atom stereocenters. The van der Waals surface area contributed by atoms with Gasteiger partial charge < -0.3 is 10.1 Å². The lowest BCUT2D eigenvalue weighted by Gasteiger charge is -2.26. The van der Waals surface area contributed by atoms with Crippen molar-refractivity contribution in [2.75, 3.05) is 13.2 Å². The smallest absolute Gasteiger partial charge is 0.253 e. The maximum atomic E-state index is 13.6. The van der Waals surface area contributed by atoms with E-state index in [0.29, 0.717) is 13.2 Å². The zero-order chi connectivity index (χ0) is 13.4. The highest BCUT2D eigenvalue weighted by Crippen LogP contribution is 2.20. The molecule has 1 aromatic heterocycles. The zero-order valence-electron chi connectivity index (χ0n) is 9.82. The summed E-state index contributed by atoms with van der Waals surface area (Å²) in [6, 6.07) is 3.30. The molecule has 98 valence electrons. The number of rotatable bonds is 2. The minimum Gasteiger partial charge on any atom is -0.377 e. The Labute approximate surface area is 107 Å². The number of benzene rings is 1. The van der Waals surface area contributed by atoms with E-state index in [1.807, 2.05) is 0 Å². The lowest BCUT2D eigenvalue weighted by atomic mass is 10.1. The fourth-order valence-electron chi connectivity index (χ4n) is 1.86. The Balaban J connectivity index is 1.96. The van der Waals surface area contributed by atoms with Crippen molar-refractivity contribution in [3.63, 3.8) is 0 Å². The van der Waals surface area contributed by atoms with E-state index in [4.69, 9.17) is 4.74 Å². The molecule has 0 aliphatic carbocycles. The van der Waals surface area contributed by atoms with Gasteiger partial charge in [0.15, 0.2) is 0 Å². The number of nitrogens with zero attached hydrogens (tertiary/aromatic N) is 1. The van der Waals surface area contributed by atoms with Gasteiger partial charge in [0.2, 0.25) is 0 Å². The monoisotopic (exact) mass is 264 g/mol. The highest BCUT2D eigenvalue weighted by molar-refractivity contribution is 5.97. The van der Waals surface area contributed by atoms with Crippen LogP contribution < -0.4 is 5.32 Å². The molecule has 1 saturated heterocycles. The normalized spacial score (nSPS) is 15.3. The van der Waals surface area contributed by atoms with Crippen LogP contribution in [-0.4, -0.2) is 30.1 Å². The van der Waals surface area contributed by atoms with Crippen molar-refractivity contribution in [2.45, 2.75) is 6.04 Å². The van der Waals surface area contributed by atoms with Crippen molar-refractivity contribution < 1.29 is 18.3 Å². The van der Waals surface area contributed by atoms with Crippen molar-refractivity contribution >= 4 is 16.8 Å². The summed E-state index contributed by atoms with van der Waals surface area (Å²) < 4.78 is 32.0. The molecule has 0 saturated carbocycles. The lowest BCUT2D eigenvalue weighted by Crippen LogP contribution is -2.48. The van der Waals surface area contributed by atoms with Crippen molar-refractivity contribution in [1.29, 1.82) is 0 Å². The molecule has 2 aromatic rings. The number of ether oxygens (including phenoxy) is 1. The Hall–Kier alpha value is -2.08. The molecule has 1 aliphatic rings. The van der Waals surface area contributed by atoms with Crippen LogP contribution in [0.15, 0.2) is 24.4 Å². The SMILES string of the molecule is O=C(NC1COC1)c1cnc2c(F)ccc(F)c2c1. The first-order chi connectivity index (χ1) is 9.15. The minimum absolute atomic E-state index is 0.00231. The number of carbonyl (C=O) groups is 1. The molecular weight excluding hydrogens is 254 g/mol. The summed E-state index contributed by atoms with van der Waals surface area (Å²) in [5, 5.41) is 2.71. The molecule has 2 heterocycles. The fraction of sp³-hybridized carbons (Fsp3) is 0.231. The Morgan fingerprint density at radius 2 is 2.05 bits per heavy atom. The van der Waals surface area contributed by atoms with E-state index in [-0.39, 0.29) is 28.4 Å². The number of pyridine rings is 1. The van der Waals surface area contributed by atoms with E-state index < -0.39 is 11.6 Å². The molecule has 19 heavy (non-hydrogen) atoms. The highest BCUT2D eigenvalue weighted by atomic mass is 19.1. The summed E-state index contributed by atoms with van der Waals surface area (Å²) in [5.41, 5.74) is 0.118. The zero-order valence-corrected chi connectivity index (χ0v) is 9.82. The third-order valence-electron chi connectivity index (χ3n) is 2.98. The Bertz CT molecular complexity index is 656. The molecule has 3 rings (SSSR count). The van der Waals surface area contributed by atoms with E-state index in [1.54, 1.807) is 0 Å². The third-order valence-corrected chi connectivity index (χ3v) is 2.98. The average molecular weight is 264 g/mol. The van der Waals surface area contributed by atoms with Crippen molar-refractivity contribution in [3.05, 3.63) is 41.6 Å². The molecular formula is C13H10F2N2O2. The standard InChI is InChI=1S/C13H10F2N2O2/c14-10-1-2-11(15)12-9(10)3-7(4-16-12)13(18)17-8-5-19-6-8/h1-4,8H,5-6H2,(H,17,18). The van der Waals surface area contributed by atoms with Crippen molar-refractivity contribution in [2.24, 2.45) is 0 Å². The molecule has 1 aromatic carbocycles. The van der Waals surface area contributed by atoms with Crippen LogP contribution in [0, 0.1) is 11.6 Å². The van der Waals surface area contributed by atoms with Gasteiger partial charge in [0, 0.05) is 11.6 Å². The Kier molecular flexibility index (Phi) is 2.87. The number of carbonyl (C=O) groups excluding carboxylic acids is 1. The van der Waals surface area contributed by atoms with Crippen LogP contribution >= 0.6 is 0 Å². The molecule has 0 bridgehead atoms. The van der Waals surface area contributed by atoms with Crippen LogP contribution in [0.3, 0.4) is 0 Å². The quantitative estimate of drug-likeness (QED) is 0.897. The van der Waals surface area contributed by atoms with E-state index >= 15 is 0 Å². The van der Waals surface area contributed by atoms with Gasteiger partial charge >= 0.3 is 0 Å². The van der Waals surface area contributed by atoms with E-state index in [1.165, 1.54) is 12.3 Å². The highest BCUT2D eigenvalue weighted by Gasteiger charge is 2.21. The number of hydrogen-bond donors (Lipinski definition) is 1. The average Bonchev–Trinajstić information content (AvgIpc) is 2.38. The maximum absolute atomic E-state index is 13.6. The van der Waals surface area contributed by atoms with E-state index in [0.717, 1.165) is 12.1 Å². The second kappa shape index (κ2) is 4.55. The van der Waals surface area contributed by atoms with Gasteiger partial charge in [-0.2, -0.15) is 0 Å².